The van der Waals surface area contributed by atoms with E-state index in [9.17, 15) is 13.6 Å². The molecule has 1 amide bonds. The number of likely N-dealkylation sites (tertiary alicyclic amines) is 1. The Morgan fingerprint density at radius 2 is 1.92 bits per heavy atom. The summed E-state index contributed by atoms with van der Waals surface area (Å²) < 4.78 is 28.9. The molecule has 25 heavy (non-hydrogen) atoms. The summed E-state index contributed by atoms with van der Waals surface area (Å²) in [5, 5.41) is 6.91. The molecule has 1 aliphatic heterocycles. The van der Waals surface area contributed by atoms with E-state index in [2.05, 4.69) is 15.4 Å². The number of piperidine rings is 1. The molecule has 1 fully saturated rings. The van der Waals surface area contributed by atoms with Gasteiger partial charge in [0.1, 0.15) is 11.6 Å². The number of rotatable bonds is 5. The van der Waals surface area contributed by atoms with E-state index in [4.69, 9.17) is 0 Å². The van der Waals surface area contributed by atoms with Crippen LogP contribution >= 0.6 is 0 Å². The molecule has 134 valence electrons. The second-order valence-electron chi connectivity index (χ2n) is 6.41. The smallest absolute Gasteiger partial charge is 0.254 e. The number of nitrogens with zero attached hydrogens (tertiary/aromatic N) is 4. The number of carbonyl (C=O) groups excluding carboxylic acids is 1. The number of hydrogen-bond acceptors (Lipinski definition) is 4. The van der Waals surface area contributed by atoms with Crippen LogP contribution in [0.4, 0.5) is 8.78 Å². The summed E-state index contributed by atoms with van der Waals surface area (Å²) >= 11 is 0. The van der Waals surface area contributed by atoms with Crippen LogP contribution in [0.25, 0.3) is 0 Å². The maximum atomic E-state index is 13.7. The maximum absolute atomic E-state index is 13.7. The third-order valence-corrected chi connectivity index (χ3v) is 4.56. The summed E-state index contributed by atoms with van der Waals surface area (Å²) in [6.07, 6.45) is 7.05. The van der Waals surface area contributed by atoms with E-state index in [1.165, 1.54) is 6.20 Å². The number of amides is 1. The summed E-state index contributed by atoms with van der Waals surface area (Å²) in [6, 6.07) is 0. The lowest BCUT2D eigenvalue weighted by Gasteiger charge is -2.32. The summed E-state index contributed by atoms with van der Waals surface area (Å²) in [6.45, 7) is 2.33. The first-order valence-electron chi connectivity index (χ1n) is 8.30. The van der Waals surface area contributed by atoms with Gasteiger partial charge in [-0.2, -0.15) is 5.10 Å². The number of halogens is 2. The van der Waals surface area contributed by atoms with E-state index in [0.29, 0.717) is 18.0 Å². The number of pyridine rings is 1. The SMILES string of the molecule is Cn1cc(C(=O)NCC2CCN(Cc3c(F)cncc3F)CC2)cn1. The minimum Gasteiger partial charge on any atom is -0.352 e. The van der Waals surface area contributed by atoms with Gasteiger partial charge in [0.25, 0.3) is 5.91 Å². The first-order chi connectivity index (χ1) is 12.0. The van der Waals surface area contributed by atoms with Gasteiger partial charge in [-0.05, 0) is 31.8 Å². The second-order valence-corrected chi connectivity index (χ2v) is 6.41. The van der Waals surface area contributed by atoms with Crippen molar-refractivity contribution in [2.75, 3.05) is 19.6 Å². The maximum Gasteiger partial charge on any atom is 0.254 e. The molecule has 2 aromatic rings. The van der Waals surface area contributed by atoms with E-state index in [1.807, 2.05) is 4.90 Å². The van der Waals surface area contributed by atoms with Gasteiger partial charge < -0.3 is 5.32 Å². The molecule has 0 atom stereocenters. The lowest BCUT2D eigenvalue weighted by molar-refractivity contribution is 0.0934. The topological polar surface area (TPSA) is 63.1 Å². The molecule has 1 N–H and O–H groups in total. The van der Waals surface area contributed by atoms with E-state index in [1.54, 1.807) is 17.9 Å². The number of hydrogen-bond donors (Lipinski definition) is 1. The quantitative estimate of drug-likeness (QED) is 0.893. The third kappa shape index (κ3) is 4.39. The van der Waals surface area contributed by atoms with Crippen LogP contribution in [-0.4, -0.2) is 45.2 Å². The molecular weight excluding hydrogens is 328 g/mol. The van der Waals surface area contributed by atoms with E-state index >= 15 is 0 Å². The minimum absolute atomic E-state index is 0.0679. The average molecular weight is 349 g/mol. The molecule has 0 bridgehead atoms. The molecule has 6 nitrogen and oxygen atoms in total. The van der Waals surface area contributed by atoms with Crippen molar-refractivity contribution in [1.82, 2.24) is 25.0 Å². The summed E-state index contributed by atoms with van der Waals surface area (Å²) in [4.78, 5) is 17.5. The Bertz CT molecular complexity index is 720. The lowest BCUT2D eigenvalue weighted by Crippen LogP contribution is -2.38. The molecule has 0 spiro atoms. The lowest BCUT2D eigenvalue weighted by atomic mass is 9.96. The molecule has 2 aromatic heterocycles. The van der Waals surface area contributed by atoms with Gasteiger partial charge in [0.15, 0.2) is 0 Å². The zero-order chi connectivity index (χ0) is 17.8. The fourth-order valence-electron chi connectivity index (χ4n) is 3.04. The van der Waals surface area contributed by atoms with Crippen LogP contribution in [0.3, 0.4) is 0 Å². The van der Waals surface area contributed by atoms with Crippen molar-refractivity contribution in [2.24, 2.45) is 13.0 Å². The van der Waals surface area contributed by atoms with Crippen molar-refractivity contribution in [3.05, 3.63) is 47.5 Å². The highest BCUT2D eigenvalue weighted by molar-refractivity contribution is 5.93. The first-order valence-corrected chi connectivity index (χ1v) is 8.30. The van der Waals surface area contributed by atoms with E-state index < -0.39 is 11.6 Å². The van der Waals surface area contributed by atoms with Gasteiger partial charge in [-0.3, -0.25) is 19.4 Å². The molecule has 0 saturated carbocycles. The predicted octanol–water partition coefficient (Wildman–Crippen LogP) is 1.74. The Balaban J connectivity index is 1.45. The van der Waals surface area contributed by atoms with Crippen LogP contribution in [0, 0.1) is 17.6 Å². The van der Waals surface area contributed by atoms with Gasteiger partial charge in [-0.15, -0.1) is 0 Å². The highest BCUT2D eigenvalue weighted by Crippen LogP contribution is 2.20. The first kappa shape index (κ1) is 17.5. The molecule has 0 aliphatic carbocycles. The molecule has 3 heterocycles. The van der Waals surface area contributed by atoms with Crippen LogP contribution in [-0.2, 0) is 13.6 Å². The fourth-order valence-corrected chi connectivity index (χ4v) is 3.04. The zero-order valence-electron chi connectivity index (χ0n) is 14.1. The van der Waals surface area contributed by atoms with Gasteiger partial charge in [0.2, 0.25) is 0 Å². The molecular formula is C17H21F2N5O. The average Bonchev–Trinajstić information content (AvgIpc) is 3.04. The van der Waals surface area contributed by atoms with E-state index in [0.717, 1.165) is 38.3 Å². The Morgan fingerprint density at radius 3 is 2.52 bits per heavy atom. The van der Waals surface area contributed by atoms with Crippen molar-refractivity contribution < 1.29 is 13.6 Å². The van der Waals surface area contributed by atoms with Crippen LogP contribution in [0.1, 0.15) is 28.8 Å². The Labute approximate surface area is 144 Å². The van der Waals surface area contributed by atoms with Gasteiger partial charge >= 0.3 is 0 Å². The molecule has 3 rings (SSSR count). The minimum atomic E-state index is -0.606. The highest BCUT2D eigenvalue weighted by Gasteiger charge is 2.22. The second kappa shape index (κ2) is 7.69. The van der Waals surface area contributed by atoms with Crippen molar-refractivity contribution in [3.8, 4) is 0 Å². The van der Waals surface area contributed by atoms with Gasteiger partial charge in [-0.25, -0.2) is 8.78 Å². The van der Waals surface area contributed by atoms with Crippen molar-refractivity contribution >= 4 is 5.91 Å². The molecule has 0 aromatic carbocycles. The Hall–Kier alpha value is -2.35. The number of carbonyl (C=O) groups is 1. The van der Waals surface area contributed by atoms with Crippen LogP contribution in [0.2, 0.25) is 0 Å². The van der Waals surface area contributed by atoms with Crippen molar-refractivity contribution in [1.29, 1.82) is 0 Å². The summed E-state index contributed by atoms with van der Waals surface area (Å²) in [5.74, 6) is -0.975. The van der Waals surface area contributed by atoms with Crippen LogP contribution in [0.15, 0.2) is 24.8 Å². The molecule has 8 heteroatoms. The number of aryl methyl sites for hydroxylation is 1. The monoisotopic (exact) mass is 349 g/mol. The summed E-state index contributed by atoms with van der Waals surface area (Å²) in [5.41, 5.74) is 0.613. The molecule has 0 radical (unpaired) electrons. The molecule has 1 aliphatic rings. The molecule has 1 saturated heterocycles. The number of aromatic nitrogens is 3. The Kier molecular flexibility index (Phi) is 5.37. The third-order valence-electron chi connectivity index (χ3n) is 4.56. The van der Waals surface area contributed by atoms with Crippen LogP contribution in [0.5, 0.6) is 0 Å². The van der Waals surface area contributed by atoms with Crippen molar-refractivity contribution in [3.63, 3.8) is 0 Å². The van der Waals surface area contributed by atoms with Gasteiger partial charge in [0, 0.05) is 31.9 Å². The van der Waals surface area contributed by atoms with Crippen LogP contribution < -0.4 is 5.32 Å². The Morgan fingerprint density at radius 1 is 1.24 bits per heavy atom. The summed E-state index contributed by atoms with van der Waals surface area (Å²) in [7, 11) is 1.76. The van der Waals surface area contributed by atoms with Crippen molar-refractivity contribution in [2.45, 2.75) is 19.4 Å². The zero-order valence-corrected chi connectivity index (χ0v) is 14.1. The standard InChI is InChI=1S/C17H21F2N5O/c1-23-10-13(7-22-23)17(25)21-6-12-2-4-24(5-3-12)11-14-15(18)8-20-9-16(14)19/h7-10,12H,2-6,11H2,1H3,(H,21,25). The highest BCUT2D eigenvalue weighted by atomic mass is 19.1. The fraction of sp³-hybridized carbons (Fsp3) is 0.471. The predicted molar refractivity (Wildman–Crippen MR) is 87.7 cm³/mol. The number of nitrogens with one attached hydrogen (secondary N) is 1. The van der Waals surface area contributed by atoms with E-state index in [-0.39, 0.29) is 18.0 Å². The normalized spacial score (nSPS) is 16.1. The largest absolute Gasteiger partial charge is 0.352 e. The van der Waals surface area contributed by atoms with Gasteiger partial charge in [0.05, 0.1) is 24.2 Å². The van der Waals surface area contributed by atoms with Gasteiger partial charge in [-0.1, -0.05) is 0 Å². The molecule has 0 unspecified atom stereocenters.